The van der Waals surface area contributed by atoms with E-state index >= 15 is 0 Å². The first-order valence-corrected chi connectivity index (χ1v) is 7.28. The largest absolute Gasteiger partial charge is 0.468 e. The highest BCUT2D eigenvalue weighted by atomic mass is 35.5. The summed E-state index contributed by atoms with van der Waals surface area (Å²) in [6.07, 6.45) is 2.04. The van der Waals surface area contributed by atoms with Gasteiger partial charge in [0.05, 0.1) is 7.11 Å². The van der Waals surface area contributed by atoms with E-state index in [1.54, 1.807) is 0 Å². The molecule has 1 aliphatic heterocycles. The number of ether oxygens (including phenoxy) is 1. The van der Waals surface area contributed by atoms with Crippen LogP contribution in [0.4, 0.5) is 0 Å². The van der Waals surface area contributed by atoms with Crippen molar-refractivity contribution >= 4 is 17.6 Å². The molecule has 1 aliphatic rings. The van der Waals surface area contributed by atoms with Crippen molar-refractivity contribution in [3.63, 3.8) is 0 Å². The third-order valence-corrected chi connectivity index (χ3v) is 4.09. The van der Waals surface area contributed by atoms with Gasteiger partial charge in [0, 0.05) is 18.1 Å². The van der Waals surface area contributed by atoms with Crippen LogP contribution in [0.25, 0.3) is 0 Å². The number of halogens is 1. The lowest BCUT2D eigenvalue weighted by Crippen LogP contribution is -2.47. The number of methoxy groups -OCH3 is 1. The molecule has 0 saturated carbocycles. The maximum absolute atomic E-state index is 11.5. The van der Waals surface area contributed by atoms with Gasteiger partial charge in [-0.25, -0.2) is 0 Å². The standard InChI is InChI=1S/C15H21ClN2O2/c1-20-15(19)14(17)12-3-2-8-18(10-12)9-11-4-6-13(16)7-5-11/h4-7,12,14H,2-3,8-10,17H2,1H3. The highest BCUT2D eigenvalue weighted by molar-refractivity contribution is 6.30. The number of piperidine rings is 1. The molecule has 1 fully saturated rings. The van der Waals surface area contributed by atoms with Crippen molar-refractivity contribution in [1.82, 2.24) is 4.90 Å². The molecule has 2 rings (SSSR count). The Kier molecular flexibility index (Phi) is 5.40. The highest BCUT2D eigenvalue weighted by Gasteiger charge is 2.29. The summed E-state index contributed by atoms with van der Waals surface area (Å²) in [6, 6.07) is 7.35. The van der Waals surface area contributed by atoms with E-state index in [0.717, 1.165) is 37.5 Å². The molecule has 20 heavy (non-hydrogen) atoms. The molecule has 0 bridgehead atoms. The first-order chi connectivity index (χ1) is 9.60. The maximum atomic E-state index is 11.5. The van der Waals surface area contributed by atoms with Crippen LogP contribution in [-0.2, 0) is 16.1 Å². The summed E-state index contributed by atoms with van der Waals surface area (Å²) in [7, 11) is 1.39. The zero-order chi connectivity index (χ0) is 14.5. The Hall–Kier alpha value is -1.10. The molecule has 1 aromatic carbocycles. The van der Waals surface area contributed by atoms with E-state index in [1.807, 2.05) is 24.3 Å². The van der Waals surface area contributed by atoms with Crippen LogP contribution in [0.5, 0.6) is 0 Å². The lowest BCUT2D eigenvalue weighted by atomic mass is 9.91. The van der Waals surface area contributed by atoms with Crippen LogP contribution in [-0.4, -0.2) is 37.1 Å². The first kappa shape index (κ1) is 15.3. The Balaban J connectivity index is 1.93. The lowest BCUT2D eigenvalue weighted by Gasteiger charge is -2.34. The third kappa shape index (κ3) is 3.95. The molecule has 4 nitrogen and oxygen atoms in total. The van der Waals surface area contributed by atoms with Crippen LogP contribution in [0.15, 0.2) is 24.3 Å². The van der Waals surface area contributed by atoms with Gasteiger partial charge in [-0.2, -0.15) is 0 Å². The van der Waals surface area contributed by atoms with Crippen LogP contribution < -0.4 is 5.73 Å². The van der Waals surface area contributed by atoms with Gasteiger partial charge in [0.1, 0.15) is 6.04 Å². The number of carbonyl (C=O) groups excluding carboxylic acids is 1. The number of nitrogens with two attached hydrogens (primary N) is 1. The van der Waals surface area contributed by atoms with Gasteiger partial charge < -0.3 is 10.5 Å². The summed E-state index contributed by atoms with van der Waals surface area (Å²) in [5.74, 6) is -0.146. The van der Waals surface area contributed by atoms with E-state index in [-0.39, 0.29) is 11.9 Å². The van der Waals surface area contributed by atoms with Gasteiger partial charge in [0.2, 0.25) is 0 Å². The minimum atomic E-state index is -0.520. The normalized spacial score (nSPS) is 21.4. The average molecular weight is 297 g/mol. The number of hydrogen-bond donors (Lipinski definition) is 1. The molecule has 110 valence electrons. The molecule has 1 saturated heterocycles. The molecule has 2 unspecified atom stereocenters. The fourth-order valence-corrected chi connectivity index (χ4v) is 2.83. The van der Waals surface area contributed by atoms with Gasteiger partial charge in [0.15, 0.2) is 0 Å². The van der Waals surface area contributed by atoms with Gasteiger partial charge in [-0.15, -0.1) is 0 Å². The van der Waals surface area contributed by atoms with Crippen LogP contribution in [0.2, 0.25) is 5.02 Å². The molecule has 0 radical (unpaired) electrons. The van der Waals surface area contributed by atoms with E-state index in [1.165, 1.54) is 12.7 Å². The van der Waals surface area contributed by atoms with Crippen molar-refractivity contribution in [3.8, 4) is 0 Å². The molecular weight excluding hydrogens is 276 g/mol. The predicted molar refractivity (Wildman–Crippen MR) is 79.4 cm³/mol. The minimum absolute atomic E-state index is 0.170. The molecule has 2 atom stereocenters. The summed E-state index contributed by atoms with van der Waals surface area (Å²) in [4.78, 5) is 13.9. The minimum Gasteiger partial charge on any atom is -0.468 e. The van der Waals surface area contributed by atoms with Crippen LogP contribution in [0.3, 0.4) is 0 Å². The van der Waals surface area contributed by atoms with Gasteiger partial charge in [-0.05, 0) is 43.0 Å². The monoisotopic (exact) mass is 296 g/mol. The average Bonchev–Trinajstić information content (AvgIpc) is 2.48. The Morgan fingerprint density at radius 2 is 2.20 bits per heavy atom. The predicted octanol–water partition coefficient (Wildman–Crippen LogP) is 2.05. The third-order valence-electron chi connectivity index (χ3n) is 3.84. The lowest BCUT2D eigenvalue weighted by molar-refractivity contribution is -0.144. The van der Waals surface area contributed by atoms with Crippen molar-refractivity contribution in [2.45, 2.75) is 25.4 Å². The number of carbonyl (C=O) groups is 1. The van der Waals surface area contributed by atoms with Gasteiger partial charge >= 0.3 is 5.97 Å². The van der Waals surface area contributed by atoms with Crippen molar-refractivity contribution in [3.05, 3.63) is 34.9 Å². The number of nitrogens with zero attached hydrogens (tertiary/aromatic N) is 1. The highest BCUT2D eigenvalue weighted by Crippen LogP contribution is 2.21. The summed E-state index contributed by atoms with van der Waals surface area (Å²) in [5, 5.41) is 0.748. The van der Waals surface area contributed by atoms with E-state index in [4.69, 9.17) is 22.1 Å². The summed E-state index contributed by atoms with van der Waals surface area (Å²) in [6.45, 7) is 2.73. The topological polar surface area (TPSA) is 55.6 Å². The molecule has 0 amide bonds. The number of rotatable bonds is 4. The molecule has 0 spiro atoms. The fourth-order valence-electron chi connectivity index (χ4n) is 2.70. The second-order valence-electron chi connectivity index (χ2n) is 5.31. The summed E-state index contributed by atoms with van der Waals surface area (Å²) < 4.78 is 4.73. The van der Waals surface area contributed by atoms with E-state index < -0.39 is 6.04 Å². The molecule has 0 aromatic heterocycles. The number of likely N-dealkylation sites (tertiary alicyclic amines) is 1. The molecule has 5 heteroatoms. The zero-order valence-corrected chi connectivity index (χ0v) is 12.5. The Labute approximate surface area is 124 Å². The van der Waals surface area contributed by atoms with Crippen molar-refractivity contribution in [1.29, 1.82) is 0 Å². The molecule has 0 aliphatic carbocycles. The van der Waals surface area contributed by atoms with Crippen LogP contribution >= 0.6 is 11.6 Å². The Morgan fingerprint density at radius 1 is 1.50 bits per heavy atom. The second-order valence-corrected chi connectivity index (χ2v) is 5.75. The number of benzene rings is 1. The molecule has 1 heterocycles. The smallest absolute Gasteiger partial charge is 0.322 e. The molecule has 2 N–H and O–H groups in total. The quantitative estimate of drug-likeness (QED) is 0.864. The second kappa shape index (κ2) is 7.07. The van der Waals surface area contributed by atoms with Gasteiger partial charge in [-0.3, -0.25) is 9.69 Å². The SMILES string of the molecule is COC(=O)C(N)C1CCCN(Cc2ccc(Cl)cc2)C1. The van der Waals surface area contributed by atoms with Gasteiger partial charge in [0.25, 0.3) is 0 Å². The molecule has 1 aromatic rings. The summed E-state index contributed by atoms with van der Waals surface area (Å²) in [5.41, 5.74) is 7.18. The van der Waals surface area contributed by atoms with E-state index in [0.29, 0.717) is 0 Å². The van der Waals surface area contributed by atoms with Crippen LogP contribution in [0.1, 0.15) is 18.4 Å². The number of esters is 1. The van der Waals surface area contributed by atoms with Gasteiger partial charge in [-0.1, -0.05) is 23.7 Å². The van der Waals surface area contributed by atoms with Crippen molar-refractivity contribution in [2.75, 3.05) is 20.2 Å². The van der Waals surface area contributed by atoms with E-state index in [9.17, 15) is 4.79 Å². The first-order valence-electron chi connectivity index (χ1n) is 6.90. The van der Waals surface area contributed by atoms with Crippen LogP contribution in [0, 0.1) is 5.92 Å². The Morgan fingerprint density at radius 3 is 2.85 bits per heavy atom. The fraction of sp³-hybridized carbons (Fsp3) is 0.533. The molecular formula is C15H21ClN2O2. The summed E-state index contributed by atoms with van der Waals surface area (Å²) >= 11 is 5.89. The Bertz CT molecular complexity index is 450. The van der Waals surface area contributed by atoms with E-state index in [2.05, 4.69) is 4.90 Å². The van der Waals surface area contributed by atoms with Crippen molar-refractivity contribution < 1.29 is 9.53 Å². The number of hydrogen-bond acceptors (Lipinski definition) is 4. The zero-order valence-electron chi connectivity index (χ0n) is 11.7. The van der Waals surface area contributed by atoms with Crippen molar-refractivity contribution in [2.24, 2.45) is 11.7 Å². The maximum Gasteiger partial charge on any atom is 0.322 e.